The molecule has 0 unspecified atom stereocenters. The lowest BCUT2D eigenvalue weighted by Crippen LogP contribution is -1.96. The predicted molar refractivity (Wildman–Crippen MR) is 75.5 cm³/mol. The summed E-state index contributed by atoms with van der Waals surface area (Å²) in [7, 11) is 0. The van der Waals surface area contributed by atoms with Crippen LogP contribution in [0.1, 0.15) is 51.9 Å². The van der Waals surface area contributed by atoms with Crippen LogP contribution in [0.2, 0.25) is 0 Å². The molecule has 3 heteroatoms. The summed E-state index contributed by atoms with van der Waals surface area (Å²) in [5.74, 6) is 0.996. The number of hydrogen-bond acceptors (Lipinski definition) is 2. The first-order valence-electron chi connectivity index (χ1n) is 6.19. The third-order valence-electron chi connectivity index (χ3n) is 2.59. The molecule has 0 N–H and O–H groups in total. The second-order valence-corrected chi connectivity index (χ2v) is 5.65. The lowest BCUT2D eigenvalue weighted by Gasteiger charge is -2.04. The fourth-order valence-electron chi connectivity index (χ4n) is 1.61. The first kappa shape index (κ1) is 14.0. The summed E-state index contributed by atoms with van der Waals surface area (Å²) in [4.78, 5) is 0. The predicted octanol–water partition coefficient (Wildman–Crippen LogP) is 5.64. The average Bonchev–Trinajstić information content (AvgIpc) is 2.68. The van der Waals surface area contributed by atoms with Crippen LogP contribution >= 0.6 is 27.3 Å². The van der Waals surface area contributed by atoms with Crippen molar-refractivity contribution in [3.05, 3.63) is 15.2 Å². The van der Waals surface area contributed by atoms with E-state index in [2.05, 4.69) is 28.2 Å². The van der Waals surface area contributed by atoms with Crippen LogP contribution in [0.3, 0.4) is 0 Å². The highest BCUT2D eigenvalue weighted by Crippen LogP contribution is 2.28. The van der Waals surface area contributed by atoms with Crippen molar-refractivity contribution in [1.29, 1.82) is 0 Å². The van der Waals surface area contributed by atoms with Crippen LogP contribution in [0.5, 0.6) is 5.75 Å². The van der Waals surface area contributed by atoms with Gasteiger partial charge < -0.3 is 4.74 Å². The monoisotopic (exact) mass is 304 g/mol. The molecule has 0 fully saturated rings. The lowest BCUT2D eigenvalue weighted by atomic mass is 10.1. The van der Waals surface area contributed by atoms with Crippen LogP contribution in [0.4, 0.5) is 0 Å². The molecule has 1 rings (SSSR count). The molecule has 1 nitrogen and oxygen atoms in total. The molecule has 0 saturated carbocycles. The normalized spacial score (nSPS) is 10.6. The smallest absolute Gasteiger partial charge is 0.144 e. The summed E-state index contributed by atoms with van der Waals surface area (Å²) in [5, 5.41) is 4.10. The molecule has 0 aliphatic carbocycles. The van der Waals surface area contributed by atoms with Crippen molar-refractivity contribution in [3.8, 4) is 5.75 Å². The van der Waals surface area contributed by atoms with Gasteiger partial charge in [0.15, 0.2) is 0 Å². The van der Waals surface area contributed by atoms with Crippen LogP contribution in [-0.4, -0.2) is 6.61 Å². The number of hydrogen-bond donors (Lipinski definition) is 0. The van der Waals surface area contributed by atoms with Gasteiger partial charge in [-0.1, -0.05) is 45.4 Å². The highest BCUT2D eigenvalue weighted by Gasteiger charge is 2.00. The van der Waals surface area contributed by atoms with E-state index in [1.165, 1.54) is 44.9 Å². The zero-order chi connectivity index (χ0) is 11.6. The summed E-state index contributed by atoms with van der Waals surface area (Å²) in [5.41, 5.74) is 0. The fourth-order valence-corrected chi connectivity index (χ4v) is 2.94. The van der Waals surface area contributed by atoms with Gasteiger partial charge in [-0.05, 0) is 22.4 Å². The van der Waals surface area contributed by atoms with E-state index < -0.39 is 0 Å². The molecule has 0 aliphatic rings. The van der Waals surface area contributed by atoms with E-state index >= 15 is 0 Å². The number of thiophene rings is 1. The molecule has 1 heterocycles. The number of rotatable bonds is 9. The molecular weight excluding hydrogens is 284 g/mol. The Labute approximate surface area is 111 Å². The standard InChI is InChI=1S/C13H21BrOS/c1-2-3-4-5-6-7-8-9-15-13-11-16-10-12(13)14/h10-11H,2-9H2,1H3. The topological polar surface area (TPSA) is 9.23 Å². The van der Waals surface area contributed by atoms with Gasteiger partial charge in [0.1, 0.15) is 5.75 Å². The third-order valence-corrected chi connectivity index (χ3v) is 4.23. The molecule has 16 heavy (non-hydrogen) atoms. The van der Waals surface area contributed by atoms with Gasteiger partial charge in [0.25, 0.3) is 0 Å². The Morgan fingerprint density at radius 3 is 2.38 bits per heavy atom. The maximum Gasteiger partial charge on any atom is 0.144 e. The van der Waals surface area contributed by atoms with Crippen LogP contribution in [0, 0.1) is 0 Å². The molecule has 0 saturated heterocycles. The fraction of sp³-hybridized carbons (Fsp3) is 0.692. The molecule has 0 atom stereocenters. The average molecular weight is 305 g/mol. The van der Waals surface area contributed by atoms with Crippen LogP contribution in [0.15, 0.2) is 15.2 Å². The molecular formula is C13H21BrOS. The largest absolute Gasteiger partial charge is 0.492 e. The number of halogens is 1. The Hall–Kier alpha value is -0.0200. The third kappa shape index (κ3) is 5.90. The lowest BCUT2D eigenvalue weighted by molar-refractivity contribution is 0.304. The quantitative estimate of drug-likeness (QED) is 0.536. The molecule has 1 aromatic rings. The van der Waals surface area contributed by atoms with Crippen LogP contribution in [-0.2, 0) is 0 Å². The maximum atomic E-state index is 5.67. The van der Waals surface area contributed by atoms with Crippen molar-refractivity contribution in [2.45, 2.75) is 51.9 Å². The van der Waals surface area contributed by atoms with Crippen molar-refractivity contribution >= 4 is 27.3 Å². The maximum absolute atomic E-state index is 5.67. The molecule has 1 aromatic heterocycles. The van der Waals surface area contributed by atoms with E-state index in [0.717, 1.165) is 16.8 Å². The Kier molecular flexibility index (Phi) is 7.95. The minimum absolute atomic E-state index is 0.850. The first-order valence-corrected chi connectivity index (χ1v) is 7.92. The van der Waals surface area contributed by atoms with E-state index in [4.69, 9.17) is 4.74 Å². The SMILES string of the molecule is CCCCCCCCCOc1cscc1Br. The van der Waals surface area contributed by atoms with Gasteiger partial charge in [-0.15, -0.1) is 11.3 Å². The Balaban J connectivity index is 1.91. The zero-order valence-electron chi connectivity index (χ0n) is 10.0. The minimum atomic E-state index is 0.850. The highest BCUT2D eigenvalue weighted by atomic mass is 79.9. The molecule has 0 radical (unpaired) electrons. The van der Waals surface area contributed by atoms with Crippen molar-refractivity contribution in [1.82, 2.24) is 0 Å². The Bertz CT molecular complexity index is 273. The Morgan fingerprint density at radius 1 is 1.06 bits per heavy atom. The summed E-state index contributed by atoms with van der Waals surface area (Å²) in [6, 6.07) is 0. The van der Waals surface area contributed by atoms with E-state index in [0.29, 0.717) is 0 Å². The van der Waals surface area contributed by atoms with Crippen molar-refractivity contribution in [2.24, 2.45) is 0 Å². The van der Waals surface area contributed by atoms with E-state index in [1.54, 1.807) is 11.3 Å². The molecule has 0 aliphatic heterocycles. The summed E-state index contributed by atoms with van der Waals surface area (Å²) < 4.78 is 6.75. The van der Waals surface area contributed by atoms with Gasteiger partial charge in [0, 0.05) is 10.8 Å². The van der Waals surface area contributed by atoms with Gasteiger partial charge in [-0.3, -0.25) is 0 Å². The van der Waals surface area contributed by atoms with E-state index in [9.17, 15) is 0 Å². The Morgan fingerprint density at radius 2 is 1.75 bits per heavy atom. The second-order valence-electron chi connectivity index (χ2n) is 4.05. The van der Waals surface area contributed by atoms with Gasteiger partial charge in [0.05, 0.1) is 11.1 Å². The number of unbranched alkanes of at least 4 members (excludes halogenated alkanes) is 6. The molecule has 0 aromatic carbocycles. The van der Waals surface area contributed by atoms with Crippen molar-refractivity contribution < 1.29 is 4.74 Å². The van der Waals surface area contributed by atoms with Gasteiger partial charge in [-0.25, -0.2) is 0 Å². The van der Waals surface area contributed by atoms with Crippen molar-refractivity contribution in [2.75, 3.05) is 6.61 Å². The summed E-state index contributed by atoms with van der Waals surface area (Å²) in [6.07, 6.45) is 9.32. The zero-order valence-corrected chi connectivity index (χ0v) is 12.4. The molecule has 0 spiro atoms. The van der Waals surface area contributed by atoms with Crippen molar-refractivity contribution in [3.63, 3.8) is 0 Å². The highest BCUT2D eigenvalue weighted by molar-refractivity contribution is 9.10. The second kappa shape index (κ2) is 9.06. The molecule has 0 bridgehead atoms. The number of ether oxygens (including phenoxy) is 1. The minimum Gasteiger partial charge on any atom is -0.492 e. The van der Waals surface area contributed by atoms with Gasteiger partial charge >= 0.3 is 0 Å². The van der Waals surface area contributed by atoms with E-state index in [1.807, 2.05) is 5.38 Å². The molecule has 92 valence electrons. The summed E-state index contributed by atoms with van der Waals surface area (Å²) in [6.45, 7) is 3.11. The first-order chi connectivity index (χ1) is 7.84. The summed E-state index contributed by atoms with van der Waals surface area (Å²) >= 11 is 5.13. The van der Waals surface area contributed by atoms with Gasteiger partial charge in [0.2, 0.25) is 0 Å². The molecule has 0 amide bonds. The van der Waals surface area contributed by atoms with Crippen LogP contribution < -0.4 is 4.74 Å². The van der Waals surface area contributed by atoms with E-state index in [-0.39, 0.29) is 0 Å². The van der Waals surface area contributed by atoms with Crippen LogP contribution in [0.25, 0.3) is 0 Å². The van der Waals surface area contributed by atoms with Gasteiger partial charge in [-0.2, -0.15) is 0 Å².